The van der Waals surface area contributed by atoms with E-state index in [0.29, 0.717) is 45.4 Å². The Morgan fingerprint density at radius 1 is 1.06 bits per heavy atom. The molecule has 0 unspecified atom stereocenters. The van der Waals surface area contributed by atoms with E-state index in [4.69, 9.17) is 4.74 Å². The minimum atomic E-state index is -1.25. The fourth-order valence-electron chi connectivity index (χ4n) is 4.33. The zero-order valence-corrected chi connectivity index (χ0v) is 20.3. The number of nitrogens with zero attached hydrogens (tertiary/aromatic N) is 1. The van der Waals surface area contributed by atoms with Crippen LogP contribution in [-0.4, -0.2) is 53.5 Å². The van der Waals surface area contributed by atoms with Gasteiger partial charge in [-0.25, -0.2) is 13.6 Å². The lowest BCUT2D eigenvalue weighted by atomic mass is 9.92. The molecule has 3 rings (SSSR count). The zero-order valence-electron chi connectivity index (χ0n) is 20.3. The molecule has 0 saturated carbocycles. The number of benzene rings is 2. The first-order valence-corrected chi connectivity index (χ1v) is 12.2. The highest BCUT2D eigenvalue weighted by Gasteiger charge is 2.26. The third kappa shape index (κ3) is 8.03. The molecule has 0 spiro atoms. The van der Waals surface area contributed by atoms with Gasteiger partial charge in [0.2, 0.25) is 11.8 Å². The second-order valence-corrected chi connectivity index (χ2v) is 9.02. The number of nitrogens with one attached hydrogen (secondary N) is 1. The number of amides is 2. The van der Waals surface area contributed by atoms with Crippen molar-refractivity contribution in [1.82, 2.24) is 10.2 Å². The fourth-order valence-corrected chi connectivity index (χ4v) is 4.33. The second-order valence-electron chi connectivity index (χ2n) is 9.02. The predicted octanol–water partition coefficient (Wildman–Crippen LogP) is 3.74. The van der Waals surface area contributed by atoms with Crippen molar-refractivity contribution in [3.63, 3.8) is 0 Å². The topological polar surface area (TPSA) is 95.9 Å². The molecule has 7 nitrogen and oxygen atoms in total. The van der Waals surface area contributed by atoms with Gasteiger partial charge < -0.3 is 20.1 Å². The number of aryl methyl sites for hydroxylation is 1. The molecule has 1 atom stereocenters. The van der Waals surface area contributed by atoms with E-state index >= 15 is 0 Å². The van der Waals surface area contributed by atoms with Crippen LogP contribution >= 0.6 is 0 Å². The van der Waals surface area contributed by atoms with Gasteiger partial charge in [-0.05, 0) is 67.5 Å². The van der Waals surface area contributed by atoms with E-state index in [-0.39, 0.29) is 30.2 Å². The molecule has 36 heavy (non-hydrogen) atoms. The van der Waals surface area contributed by atoms with Gasteiger partial charge in [-0.3, -0.25) is 9.59 Å². The number of rotatable bonds is 11. The van der Waals surface area contributed by atoms with Crippen LogP contribution in [0.1, 0.15) is 43.7 Å². The number of carboxylic acids is 1. The zero-order chi connectivity index (χ0) is 26.1. The van der Waals surface area contributed by atoms with Gasteiger partial charge >= 0.3 is 5.97 Å². The number of carbonyl (C=O) groups excluding carboxylic acids is 2. The van der Waals surface area contributed by atoms with E-state index < -0.39 is 29.6 Å². The molecule has 2 aromatic carbocycles. The molecule has 0 aliphatic carbocycles. The van der Waals surface area contributed by atoms with Gasteiger partial charge in [0.1, 0.15) is 11.8 Å². The van der Waals surface area contributed by atoms with E-state index in [1.54, 1.807) is 0 Å². The monoisotopic (exact) mass is 502 g/mol. The van der Waals surface area contributed by atoms with Crippen molar-refractivity contribution in [3.05, 3.63) is 65.2 Å². The molecule has 2 amide bonds. The minimum Gasteiger partial charge on any atom is -0.494 e. The average Bonchev–Trinajstić information content (AvgIpc) is 2.86. The summed E-state index contributed by atoms with van der Waals surface area (Å²) in [5.74, 6) is -2.83. The molecule has 1 saturated heterocycles. The Balaban J connectivity index is 1.41. The van der Waals surface area contributed by atoms with Gasteiger partial charge in [-0.2, -0.15) is 0 Å². The fraction of sp³-hybridized carbons (Fsp3) is 0.444. The van der Waals surface area contributed by atoms with Gasteiger partial charge in [0.15, 0.2) is 11.6 Å². The highest BCUT2D eigenvalue weighted by atomic mass is 19.2. The summed E-state index contributed by atoms with van der Waals surface area (Å²) in [7, 11) is 0. The van der Waals surface area contributed by atoms with Gasteiger partial charge in [0.05, 0.1) is 6.61 Å². The predicted molar refractivity (Wildman–Crippen MR) is 129 cm³/mol. The standard InChI is InChI=1S/C27H32F2N2O5/c1-2-36-21-7-3-18(4-8-21)6-10-26(33)31-13-11-19(12-14-31)17-25(32)30-24(27(34)35)16-20-5-9-22(28)23(29)15-20/h3-5,7-9,15,19,24H,2,6,10-14,16-17H2,1H3,(H,30,32)(H,34,35)/t24-/m0/s1. The highest BCUT2D eigenvalue weighted by Crippen LogP contribution is 2.22. The van der Waals surface area contributed by atoms with Crippen molar-refractivity contribution in [2.24, 2.45) is 5.92 Å². The molecule has 1 fully saturated rings. The van der Waals surface area contributed by atoms with Crippen LogP contribution in [0.5, 0.6) is 5.75 Å². The summed E-state index contributed by atoms with van der Waals surface area (Å²) in [6.45, 7) is 3.63. The van der Waals surface area contributed by atoms with Crippen LogP contribution in [0.3, 0.4) is 0 Å². The Kier molecular flexibility index (Phi) is 9.78. The normalized spacial score (nSPS) is 14.8. The van der Waals surface area contributed by atoms with Crippen LogP contribution in [0.4, 0.5) is 8.78 Å². The summed E-state index contributed by atoms with van der Waals surface area (Å²) >= 11 is 0. The summed E-state index contributed by atoms with van der Waals surface area (Å²) in [6, 6.07) is 9.62. The molecule has 1 aliphatic heterocycles. The maximum Gasteiger partial charge on any atom is 0.326 e. The van der Waals surface area contributed by atoms with Crippen LogP contribution in [0, 0.1) is 17.6 Å². The Morgan fingerprint density at radius 3 is 2.33 bits per heavy atom. The number of ether oxygens (including phenoxy) is 1. The number of piperidine rings is 1. The lowest BCUT2D eigenvalue weighted by molar-refractivity contribution is -0.142. The maximum absolute atomic E-state index is 13.4. The first-order chi connectivity index (χ1) is 17.2. The van der Waals surface area contributed by atoms with E-state index in [1.165, 1.54) is 6.07 Å². The number of carbonyl (C=O) groups is 3. The lowest BCUT2D eigenvalue weighted by Gasteiger charge is -2.32. The molecule has 1 aliphatic rings. The molecule has 2 aromatic rings. The van der Waals surface area contributed by atoms with E-state index in [2.05, 4.69) is 5.32 Å². The van der Waals surface area contributed by atoms with E-state index in [9.17, 15) is 28.3 Å². The van der Waals surface area contributed by atoms with Crippen molar-refractivity contribution in [2.75, 3.05) is 19.7 Å². The first-order valence-electron chi connectivity index (χ1n) is 12.2. The number of hydrogen-bond acceptors (Lipinski definition) is 4. The molecule has 0 bridgehead atoms. The van der Waals surface area contributed by atoms with Crippen LogP contribution in [-0.2, 0) is 27.2 Å². The number of aliphatic carboxylic acids is 1. The summed E-state index contributed by atoms with van der Waals surface area (Å²) < 4.78 is 32.0. The molecule has 194 valence electrons. The quantitative estimate of drug-likeness (QED) is 0.488. The van der Waals surface area contributed by atoms with Gasteiger partial charge in [-0.15, -0.1) is 0 Å². The maximum atomic E-state index is 13.4. The van der Waals surface area contributed by atoms with Gasteiger partial charge in [-0.1, -0.05) is 18.2 Å². The van der Waals surface area contributed by atoms with Crippen molar-refractivity contribution in [3.8, 4) is 5.75 Å². The van der Waals surface area contributed by atoms with Crippen LogP contribution < -0.4 is 10.1 Å². The van der Waals surface area contributed by atoms with Crippen molar-refractivity contribution >= 4 is 17.8 Å². The molecule has 2 N–H and O–H groups in total. The number of hydrogen-bond donors (Lipinski definition) is 2. The minimum absolute atomic E-state index is 0.0397. The Morgan fingerprint density at radius 2 is 1.72 bits per heavy atom. The Bertz CT molecular complexity index is 1050. The second kappa shape index (κ2) is 13.0. The molecule has 1 heterocycles. The third-order valence-corrected chi connectivity index (χ3v) is 6.36. The smallest absolute Gasteiger partial charge is 0.326 e. The summed E-state index contributed by atoms with van der Waals surface area (Å²) in [5, 5.41) is 11.9. The van der Waals surface area contributed by atoms with Crippen LogP contribution in [0.25, 0.3) is 0 Å². The molecule has 9 heteroatoms. The lowest BCUT2D eigenvalue weighted by Crippen LogP contribution is -2.44. The van der Waals surface area contributed by atoms with Gasteiger partial charge in [0.25, 0.3) is 0 Å². The molecule has 0 radical (unpaired) electrons. The largest absolute Gasteiger partial charge is 0.494 e. The van der Waals surface area contributed by atoms with E-state index in [1.807, 2.05) is 36.1 Å². The highest BCUT2D eigenvalue weighted by molar-refractivity contribution is 5.84. The summed E-state index contributed by atoms with van der Waals surface area (Å²) in [4.78, 5) is 38.5. The van der Waals surface area contributed by atoms with Crippen LogP contribution in [0.15, 0.2) is 42.5 Å². The SMILES string of the molecule is CCOc1ccc(CCC(=O)N2CCC(CC(=O)N[C@@H](Cc3ccc(F)c(F)c3)C(=O)O)CC2)cc1. The Labute approximate surface area is 209 Å². The van der Waals surface area contributed by atoms with Crippen LogP contribution in [0.2, 0.25) is 0 Å². The van der Waals surface area contributed by atoms with Crippen molar-refractivity contribution < 1.29 is 33.0 Å². The van der Waals surface area contributed by atoms with Crippen molar-refractivity contribution in [2.45, 2.75) is 51.5 Å². The number of likely N-dealkylation sites (tertiary alicyclic amines) is 1. The average molecular weight is 503 g/mol. The molecular weight excluding hydrogens is 470 g/mol. The number of carboxylic acid groups (broad SMARTS) is 1. The molecular formula is C27H32F2N2O5. The first kappa shape index (κ1) is 27.1. The summed E-state index contributed by atoms with van der Waals surface area (Å²) in [5.41, 5.74) is 1.34. The van der Waals surface area contributed by atoms with E-state index in [0.717, 1.165) is 23.4 Å². The summed E-state index contributed by atoms with van der Waals surface area (Å²) in [6.07, 6.45) is 2.35. The third-order valence-electron chi connectivity index (χ3n) is 6.36. The van der Waals surface area contributed by atoms with Crippen molar-refractivity contribution in [1.29, 1.82) is 0 Å². The number of halogens is 2. The molecule has 0 aromatic heterocycles. The van der Waals surface area contributed by atoms with Gasteiger partial charge in [0, 0.05) is 32.4 Å². The Hall–Kier alpha value is -3.49.